The molecule has 0 radical (unpaired) electrons. The van der Waals surface area contributed by atoms with Gasteiger partial charge in [-0.15, -0.1) is 0 Å². The van der Waals surface area contributed by atoms with E-state index in [0.29, 0.717) is 5.92 Å². The first-order valence-corrected chi connectivity index (χ1v) is 4.35. The summed E-state index contributed by atoms with van der Waals surface area (Å²) in [5, 5.41) is 17.2. The molecule has 0 unspecified atom stereocenters. The molecule has 0 aliphatic heterocycles. The first kappa shape index (κ1) is 10.9. The van der Waals surface area contributed by atoms with Crippen molar-refractivity contribution in [2.75, 3.05) is 6.61 Å². The number of nitrogens with two attached hydrogens (primary N) is 1. The van der Waals surface area contributed by atoms with Crippen LogP contribution in [0.5, 0.6) is 0 Å². The summed E-state index contributed by atoms with van der Waals surface area (Å²) in [7, 11) is 0. The van der Waals surface area contributed by atoms with Crippen LogP contribution in [0.3, 0.4) is 0 Å². The molecule has 6 heteroatoms. The molecule has 0 aromatic heterocycles. The van der Waals surface area contributed by atoms with Crippen LogP contribution >= 0.6 is 0 Å². The predicted molar refractivity (Wildman–Crippen MR) is 45.7 cm³/mol. The first-order valence-electron chi connectivity index (χ1n) is 4.35. The van der Waals surface area contributed by atoms with E-state index in [9.17, 15) is 9.59 Å². The minimum Gasteiger partial charge on any atom is -0.480 e. The number of aliphatic carboxylic acids is 2. The molecule has 1 rings (SSSR count). The van der Waals surface area contributed by atoms with Crippen LogP contribution in [0.15, 0.2) is 0 Å². The number of rotatable bonds is 6. The Hall–Kier alpha value is -1.14. The minimum atomic E-state index is -1.51. The first-order chi connectivity index (χ1) is 6.52. The van der Waals surface area contributed by atoms with Crippen molar-refractivity contribution in [3.63, 3.8) is 0 Å². The lowest BCUT2D eigenvalue weighted by Crippen LogP contribution is -2.48. The minimum absolute atomic E-state index is 0.276. The normalized spacial score (nSPS) is 20.1. The van der Waals surface area contributed by atoms with E-state index in [1.807, 2.05) is 0 Å². The maximum Gasteiger partial charge on any atom is 0.335 e. The molecule has 2 atom stereocenters. The van der Waals surface area contributed by atoms with Gasteiger partial charge in [-0.1, -0.05) is 0 Å². The SMILES string of the molecule is N[C@H](C(=O)O)[C@H](OCC1CC1)C(=O)O. The highest BCUT2D eigenvalue weighted by atomic mass is 16.5. The second kappa shape index (κ2) is 4.39. The number of carboxylic acids is 2. The molecular weight excluding hydrogens is 190 g/mol. The maximum absolute atomic E-state index is 10.6. The molecule has 80 valence electrons. The third kappa shape index (κ3) is 2.97. The molecule has 4 N–H and O–H groups in total. The average Bonchev–Trinajstić information content (AvgIpc) is 2.87. The lowest BCUT2D eigenvalue weighted by molar-refractivity contribution is -0.159. The Morgan fingerprint density at radius 1 is 1.36 bits per heavy atom. The van der Waals surface area contributed by atoms with E-state index in [-0.39, 0.29) is 6.61 Å². The third-order valence-corrected chi connectivity index (χ3v) is 2.06. The van der Waals surface area contributed by atoms with Crippen molar-refractivity contribution in [2.24, 2.45) is 11.7 Å². The fourth-order valence-electron chi connectivity index (χ4n) is 0.982. The van der Waals surface area contributed by atoms with Gasteiger partial charge in [0, 0.05) is 0 Å². The van der Waals surface area contributed by atoms with E-state index >= 15 is 0 Å². The Balaban J connectivity index is 2.44. The van der Waals surface area contributed by atoms with Crippen molar-refractivity contribution < 1.29 is 24.5 Å². The average molecular weight is 203 g/mol. The highest BCUT2D eigenvalue weighted by molar-refractivity contribution is 5.84. The van der Waals surface area contributed by atoms with E-state index < -0.39 is 24.1 Å². The third-order valence-electron chi connectivity index (χ3n) is 2.06. The Morgan fingerprint density at radius 3 is 2.29 bits per heavy atom. The quantitative estimate of drug-likeness (QED) is 0.525. The van der Waals surface area contributed by atoms with Gasteiger partial charge in [0.1, 0.15) is 6.04 Å². The molecule has 0 heterocycles. The van der Waals surface area contributed by atoms with Crippen molar-refractivity contribution in [1.29, 1.82) is 0 Å². The Bertz CT molecular complexity index is 238. The molecule has 0 aromatic carbocycles. The van der Waals surface area contributed by atoms with Crippen LogP contribution in [0.2, 0.25) is 0 Å². The number of carboxylic acid groups (broad SMARTS) is 2. The highest BCUT2D eigenvalue weighted by Gasteiger charge is 2.33. The number of carbonyl (C=O) groups is 2. The molecule has 1 fully saturated rings. The fraction of sp³-hybridized carbons (Fsp3) is 0.750. The largest absolute Gasteiger partial charge is 0.480 e. The van der Waals surface area contributed by atoms with Crippen LogP contribution in [0, 0.1) is 5.92 Å². The molecule has 0 aromatic rings. The van der Waals surface area contributed by atoms with Crippen molar-refractivity contribution in [2.45, 2.75) is 25.0 Å². The summed E-state index contributed by atoms with van der Waals surface area (Å²) in [4.78, 5) is 21.0. The topological polar surface area (TPSA) is 110 Å². The molecule has 0 amide bonds. The van der Waals surface area contributed by atoms with E-state index in [1.54, 1.807) is 0 Å². The van der Waals surface area contributed by atoms with Gasteiger partial charge >= 0.3 is 11.9 Å². The van der Waals surface area contributed by atoms with Crippen molar-refractivity contribution in [1.82, 2.24) is 0 Å². The lowest BCUT2D eigenvalue weighted by atomic mass is 10.2. The van der Waals surface area contributed by atoms with Gasteiger partial charge in [0.2, 0.25) is 0 Å². The second-order valence-electron chi connectivity index (χ2n) is 3.40. The predicted octanol–water partition coefficient (Wildman–Crippen LogP) is -0.722. The van der Waals surface area contributed by atoms with Crippen LogP contribution in [0.25, 0.3) is 0 Å². The molecule has 1 saturated carbocycles. The van der Waals surface area contributed by atoms with E-state index in [0.717, 1.165) is 12.8 Å². The van der Waals surface area contributed by atoms with Crippen molar-refractivity contribution in [3.05, 3.63) is 0 Å². The van der Waals surface area contributed by atoms with Gasteiger partial charge in [0.25, 0.3) is 0 Å². The zero-order valence-corrected chi connectivity index (χ0v) is 7.55. The summed E-state index contributed by atoms with van der Waals surface area (Å²) >= 11 is 0. The molecule has 0 bridgehead atoms. The Morgan fingerprint density at radius 2 is 1.93 bits per heavy atom. The second-order valence-corrected chi connectivity index (χ2v) is 3.40. The van der Waals surface area contributed by atoms with Gasteiger partial charge < -0.3 is 20.7 Å². The molecule has 14 heavy (non-hydrogen) atoms. The maximum atomic E-state index is 10.6. The van der Waals surface area contributed by atoms with Crippen molar-refractivity contribution >= 4 is 11.9 Å². The Labute approximate surface area is 80.7 Å². The van der Waals surface area contributed by atoms with E-state index in [1.165, 1.54) is 0 Å². The zero-order chi connectivity index (χ0) is 10.7. The smallest absolute Gasteiger partial charge is 0.335 e. The molecule has 6 nitrogen and oxygen atoms in total. The van der Waals surface area contributed by atoms with Crippen LogP contribution < -0.4 is 5.73 Å². The summed E-state index contributed by atoms with van der Waals surface area (Å²) in [5.41, 5.74) is 5.16. The standard InChI is InChI=1S/C8H13NO5/c9-5(7(10)11)6(8(12)13)14-3-4-1-2-4/h4-6H,1-3,9H2,(H,10,11)(H,12,13)/t5-,6-/m0/s1. The number of hydrogen-bond acceptors (Lipinski definition) is 4. The van der Waals surface area contributed by atoms with Gasteiger partial charge in [-0.3, -0.25) is 4.79 Å². The van der Waals surface area contributed by atoms with Gasteiger partial charge in [0.15, 0.2) is 6.10 Å². The number of hydrogen-bond donors (Lipinski definition) is 3. The van der Waals surface area contributed by atoms with Crippen LogP contribution in [0.1, 0.15) is 12.8 Å². The number of ether oxygens (including phenoxy) is 1. The summed E-state index contributed by atoms with van der Waals surface area (Å²) < 4.78 is 4.95. The lowest BCUT2D eigenvalue weighted by Gasteiger charge is -2.16. The van der Waals surface area contributed by atoms with Gasteiger partial charge in [0.05, 0.1) is 6.61 Å². The van der Waals surface area contributed by atoms with Gasteiger partial charge in [-0.25, -0.2) is 4.79 Å². The summed E-state index contributed by atoms with van der Waals surface area (Å²) in [6.07, 6.45) is 0.566. The molecule has 1 aliphatic carbocycles. The Kier molecular flexibility index (Phi) is 3.43. The van der Waals surface area contributed by atoms with E-state index in [4.69, 9.17) is 20.7 Å². The van der Waals surface area contributed by atoms with Crippen molar-refractivity contribution in [3.8, 4) is 0 Å². The fourth-order valence-corrected chi connectivity index (χ4v) is 0.982. The highest BCUT2D eigenvalue weighted by Crippen LogP contribution is 2.29. The summed E-state index contributed by atoms with van der Waals surface area (Å²) in [5.74, 6) is -2.33. The van der Waals surface area contributed by atoms with E-state index in [2.05, 4.69) is 0 Å². The van der Waals surface area contributed by atoms with Gasteiger partial charge in [-0.2, -0.15) is 0 Å². The molecule has 0 saturated heterocycles. The molecule has 0 spiro atoms. The molecule has 1 aliphatic rings. The summed E-state index contributed by atoms with van der Waals surface area (Å²) in [6.45, 7) is 0.276. The van der Waals surface area contributed by atoms with Crippen LogP contribution in [-0.4, -0.2) is 40.9 Å². The van der Waals surface area contributed by atoms with Crippen LogP contribution in [0.4, 0.5) is 0 Å². The monoisotopic (exact) mass is 203 g/mol. The van der Waals surface area contributed by atoms with Crippen LogP contribution in [-0.2, 0) is 14.3 Å². The zero-order valence-electron chi connectivity index (χ0n) is 7.55. The summed E-state index contributed by atoms with van der Waals surface area (Å²) in [6, 6.07) is -1.51. The van der Waals surface area contributed by atoms with Gasteiger partial charge in [-0.05, 0) is 18.8 Å². The molecular formula is C8H13NO5.